The molecule has 8 heteroatoms. The highest BCUT2D eigenvalue weighted by molar-refractivity contribution is 6.30. The lowest BCUT2D eigenvalue weighted by Gasteiger charge is -2.04. The highest BCUT2D eigenvalue weighted by atomic mass is 35.5. The SMILES string of the molecule is COc1ccc(-c2ccc(C(=O)Nc3cccc(Cl)c3)o2)c([N+](=O)[O-])c1. The molecule has 0 atom stereocenters. The van der Waals surface area contributed by atoms with Crippen LogP contribution in [0.5, 0.6) is 5.75 Å². The lowest BCUT2D eigenvalue weighted by atomic mass is 10.1. The van der Waals surface area contributed by atoms with Crippen molar-refractivity contribution >= 4 is 28.9 Å². The maximum Gasteiger partial charge on any atom is 0.291 e. The van der Waals surface area contributed by atoms with Crippen LogP contribution in [0, 0.1) is 10.1 Å². The first-order valence-corrected chi connectivity index (χ1v) is 7.85. The largest absolute Gasteiger partial charge is 0.497 e. The summed E-state index contributed by atoms with van der Waals surface area (Å²) in [7, 11) is 1.42. The highest BCUT2D eigenvalue weighted by Gasteiger charge is 2.21. The summed E-state index contributed by atoms with van der Waals surface area (Å²) in [6.45, 7) is 0. The van der Waals surface area contributed by atoms with Crippen LogP contribution in [0.1, 0.15) is 10.6 Å². The lowest BCUT2D eigenvalue weighted by molar-refractivity contribution is -0.384. The van der Waals surface area contributed by atoms with E-state index in [1.54, 1.807) is 30.3 Å². The number of nitro groups is 1. The first-order chi connectivity index (χ1) is 12.5. The molecule has 0 aliphatic carbocycles. The molecule has 0 radical (unpaired) electrons. The predicted octanol–water partition coefficient (Wildman–Crippen LogP) is 4.77. The van der Waals surface area contributed by atoms with Gasteiger partial charge in [0.05, 0.1) is 23.7 Å². The zero-order valence-electron chi connectivity index (χ0n) is 13.6. The molecule has 132 valence electrons. The Balaban J connectivity index is 1.88. The molecular weight excluding hydrogens is 360 g/mol. The topological polar surface area (TPSA) is 94.6 Å². The van der Waals surface area contributed by atoms with Gasteiger partial charge in [-0.25, -0.2) is 0 Å². The number of carbonyl (C=O) groups excluding carboxylic acids is 1. The third-order valence-electron chi connectivity index (χ3n) is 3.58. The minimum atomic E-state index is -0.536. The van der Waals surface area contributed by atoms with Crippen LogP contribution in [0.4, 0.5) is 11.4 Å². The molecule has 7 nitrogen and oxygen atoms in total. The Hall–Kier alpha value is -3.32. The first kappa shape index (κ1) is 17.5. The maximum atomic E-state index is 12.3. The number of halogens is 1. The van der Waals surface area contributed by atoms with Crippen molar-refractivity contribution in [1.82, 2.24) is 0 Å². The van der Waals surface area contributed by atoms with E-state index in [9.17, 15) is 14.9 Å². The van der Waals surface area contributed by atoms with Gasteiger partial charge in [0.25, 0.3) is 11.6 Å². The molecule has 1 heterocycles. The summed E-state index contributed by atoms with van der Waals surface area (Å²) < 4.78 is 10.5. The molecule has 0 fully saturated rings. The molecule has 0 saturated heterocycles. The summed E-state index contributed by atoms with van der Waals surface area (Å²) in [6.07, 6.45) is 0. The zero-order valence-corrected chi connectivity index (χ0v) is 14.3. The van der Waals surface area contributed by atoms with Crippen LogP contribution in [0.25, 0.3) is 11.3 Å². The van der Waals surface area contributed by atoms with Crippen molar-refractivity contribution in [2.45, 2.75) is 0 Å². The fourth-order valence-corrected chi connectivity index (χ4v) is 2.55. The number of nitrogens with one attached hydrogen (secondary N) is 1. The average molecular weight is 373 g/mol. The summed E-state index contributed by atoms with van der Waals surface area (Å²) in [4.78, 5) is 23.0. The van der Waals surface area contributed by atoms with E-state index in [2.05, 4.69) is 5.32 Å². The second-order valence-electron chi connectivity index (χ2n) is 5.27. The number of hydrogen-bond donors (Lipinski definition) is 1. The molecule has 0 aliphatic heterocycles. The third-order valence-corrected chi connectivity index (χ3v) is 3.81. The number of amides is 1. The molecule has 0 saturated carbocycles. The van der Waals surface area contributed by atoms with Crippen LogP contribution >= 0.6 is 11.6 Å². The number of anilines is 1. The Labute approximate surface area is 153 Å². The molecule has 1 amide bonds. The van der Waals surface area contributed by atoms with Gasteiger partial charge in [0.15, 0.2) is 5.76 Å². The van der Waals surface area contributed by atoms with Crippen molar-refractivity contribution in [3.63, 3.8) is 0 Å². The van der Waals surface area contributed by atoms with Crippen molar-refractivity contribution < 1.29 is 18.9 Å². The summed E-state index contributed by atoms with van der Waals surface area (Å²) >= 11 is 5.88. The van der Waals surface area contributed by atoms with Crippen LogP contribution in [-0.2, 0) is 0 Å². The van der Waals surface area contributed by atoms with Crippen LogP contribution in [0.3, 0.4) is 0 Å². The van der Waals surface area contributed by atoms with Gasteiger partial charge in [-0.3, -0.25) is 14.9 Å². The molecule has 1 aromatic heterocycles. The van der Waals surface area contributed by atoms with Crippen molar-refractivity contribution in [1.29, 1.82) is 0 Å². The smallest absolute Gasteiger partial charge is 0.291 e. The van der Waals surface area contributed by atoms with E-state index in [1.807, 2.05) is 0 Å². The number of carbonyl (C=O) groups is 1. The van der Waals surface area contributed by atoms with E-state index >= 15 is 0 Å². The fourth-order valence-electron chi connectivity index (χ4n) is 2.36. The van der Waals surface area contributed by atoms with Crippen LogP contribution < -0.4 is 10.1 Å². The molecule has 3 aromatic rings. The number of ether oxygens (including phenoxy) is 1. The second kappa shape index (κ2) is 7.28. The van der Waals surface area contributed by atoms with Crippen molar-refractivity contribution in [3.05, 3.63) is 75.5 Å². The molecule has 2 aromatic carbocycles. The van der Waals surface area contributed by atoms with E-state index < -0.39 is 10.8 Å². The number of rotatable bonds is 5. The highest BCUT2D eigenvalue weighted by Crippen LogP contribution is 2.34. The van der Waals surface area contributed by atoms with Gasteiger partial charge in [-0.2, -0.15) is 0 Å². The van der Waals surface area contributed by atoms with Crippen LogP contribution in [-0.4, -0.2) is 17.9 Å². The maximum absolute atomic E-state index is 12.3. The van der Waals surface area contributed by atoms with E-state index in [-0.39, 0.29) is 22.8 Å². The number of hydrogen-bond acceptors (Lipinski definition) is 5. The normalized spacial score (nSPS) is 10.4. The quantitative estimate of drug-likeness (QED) is 0.514. The van der Waals surface area contributed by atoms with Gasteiger partial charge in [0, 0.05) is 10.7 Å². The van der Waals surface area contributed by atoms with Gasteiger partial charge in [-0.05, 0) is 42.5 Å². The van der Waals surface area contributed by atoms with Crippen molar-refractivity contribution in [3.8, 4) is 17.1 Å². The van der Waals surface area contributed by atoms with E-state index in [4.69, 9.17) is 20.8 Å². The van der Waals surface area contributed by atoms with Gasteiger partial charge in [-0.15, -0.1) is 0 Å². The summed E-state index contributed by atoms with van der Waals surface area (Å²) in [5.74, 6) is 0.0845. The third kappa shape index (κ3) is 3.68. The number of benzene rings is 2. The van der Waals surface area contributed by atoms with Crippen LogP contribution in [0.15, 0.2) is 59.0 Å². The van der Waals surface area contributed by atoms with Gasteiger partial charge in [-0.1, -0.05) is 17.7 Å². The Morgan fingerprint density at radius 3 is 2.69 bits per heavy atom. The molecule has 0 bridgehead atoms. The minimum absolute atomic E-state index is 0.0186. The first-order valence-electron chi connectivity index (χ1n) is 7.47. The Morgan fingerprint density at radius 2 is 2.00 bits per heavy atom. The fraction of sp³-hybridized carbons (Fsp3) is 0.0556. The molecule has 26 heavy (non-hydrogen) atoms. The second-order valence-corrected chi connectivity index (χ2v) is 5.70. The molecule has 3 rings (SSSR count). The van der Waals surface area contributed by atoms with Crippen LogP contribution in [0.2, 0.25) is 5.02 Å². The van der Waals surface area contributed by atoms with Gasteiger partial charge >= 0.3 is 0 Å². The van der Waals surface area contributed by atoms with Gasteiger partial charge in [0.1, 0.15) is 11.5 Å². The molecular formula is C18H13ClN2O5. The van der Waals surface area contributed by atoms with Gasteiger partial charge < -0.3 is 14.5 Å². The van der Waals surface area contributed by atoms with E-state index in [0.29, 0.717) is 16.5 Å². The van der Waals surface area contributed by atoms with E-state index in [1.165, 1.54) is 31.4 Å². The Bertz CT molecular complexity index is 983. The number of nitro benzene ring substituents is 1. The van der Waals surface area contributed by atoms with Crippen molar-refractivity contribution in [2.24, 2.45) is 0 Å². The Morgan fingerprint density at radius 1 is 1.19 bits per heavy atom. The molecule has 0 unspecified atom stereocenters. The number of furan rings is 1. The average Bonchev–Trinajstić information content (AvgIpc) is 3.11. The van der Waals surface area contributed by atoms with Gasteiger partial charge in [0.2, 0.25) is 0 Å². The number of methoxy groups -OCH3 is 1. The molecule has 0 spiro atoms. The monoisotopic (exact) mass is 372 g/mol. The lowest BCUT2D eigenvalue weighted by Crippen LogP contribution is -2.10. The summed E-state index contributed by atoms with van der Waals surface area (Å²) in [5, 5.41) is 14.4. The number of nitrogens with zero attached hydrogens (tertiary/aromatic N) is 1. The molecule has 0 aliphatic rings. The van der Waals surface area contributed by atoms with Crippen molar-refractivity contribution in [2.75, 3.05) is 12.4 Å². The summed E-state index contributed by atoms with van der Waals surface area (Å²) in [5.41, 5.74) is 0.578. The van der Waals surface area contributed by atoms with E-state index in [0.717, 1.165) is 0 Å². The minimum Gasteiger partial charge on any atom is -0.497 e. The zero-order chi connectivity index (χ0) is 18.7. The Kier molecular flexibility index (Phi) is 4.90. The standard InChI is InChI=1S/C18H13ClN2O5/c1-25-13-5-6-14(15(10-13)21(23)24)16-7-8-17(26-16)18(22)20-12-4-2-3-11(19)9-12/h2-10H,1H3,(H,20,22). The summed E-state index contributed by atoms with van der Waals surface area (Å²) in [6, 6.07) is 14.0. The predicted molar refractivity (Wildman–Crippen MR) is 96.8 cm³/mol. The molecule has 1 N–H and O–H groups in total.